The van der Waals surface area contributed by atoms with Gasteiger partial charge in [0.25, 0.3) is 5.91 Å². The summed E-state index contributed by atoms with van der Waals surface area (Å²) in [6.45, 7) is 0. The highest BCUT2D eigenvalue weighted by Crippen LogP contribution is 2.23. The van der Waals surface area contributed by atoms with Gasteiger partial charge in [0, 0.05) is 0 Å². The first-order valence-electron chi connectivity index (χ1n) is 5.44. The Hall–Kier alpha value is -1.92. The summed E-state index contributed by atoms with van der Waals surface area (Å²) in [6.07, 6.45) is 0. The fourth-order valence-corrected chi connectivity index (χ4v) is 2.04. The molecular weight excluding hydrogens is 348 g/mol. The Morgan fingerprint density at radius 3 is 2.60 bits per heavy atom. The van der Waals surface area contributed by atoms with Gasteiger partial charge in [-0.2, -0.15) is 0 Å². The van der Waals surface area contributed by atoms with Crippen LogP contribution in [0.5, 0.6) is 0 Å². The molecule has 102 valence electrons. The maximum atomic E-state index is 12.0. The molecule has 1 heterocycles. The Morgan fingerprint density at radius 1 is 1.25 bits per heavy atom. The number of anilines is 1. The molecule has 2 N–H and O–H groups in total. The van der Waals surface area contributed by atoms with Crippen molar-refractivity contribution in [3.8, 4) is 0 Å². The molecule has 7 heteroatoms. The van der Waals surface area contributed by atoms with E-state index in [-0.39, 0.29) is 16.3 Å². The maximum Gasteiger partial charge on any atom is 0.335 e. The summed E-state index contributed by atoms with van der Waals surface area (Å²) in [7, 11) is 0. The zero-order valence-corrected chi connectivity index (χ0v) is 12.3. The molecule has 0 radical (unpaired) electrons. The van der Waals surface area contributed by atoms with Gasteiger partial charge >= 0.3 is 5.97 Å². The average molecular weight is 356 g/mol. The van der Waals surface area contributed by atoms with Crippen LogP contribution in [0.3, 0.4) is 0 Å². The number of amides is 1. The summed E-state index contributed by atoms with van der Waals surface area (Å²) >= 11 is 9.10. The molecule has 0 aliphatic carbocycles. The normalized spacial score (nSPS) is 10.1. The molecule has 0 spiro atoms. The Balaban J connectivity index is 2.22. The first-order valence-corrected chi connectivity index (χ1v) is 6.61. The van der Waals surface area contributed by atoms with Gasteiger partial charge in [0.15, 0.2) is 0 Å². The number of nitrogens with zero attached hydrogens (tertiary/aromatic N) is 1. The first-order chi connectivity index (χ1) is 9.47. The SMILES string of the molecule is O=C(O)c1ccc(NC(=O)c2cccc(Br)n2)c(Cl)c1. The van der Waals surface area contributed by atoms with E-state index in [1.54, 1.807) is 18.2 Å². The topological polar surface area (TPSA) is 79.3 Å². The van der Waals surface area contributed by atoms with Crippen molar-refractivity contribution in [3.63, 3.8) is 0 Å². The highest BCUT2D eigenvalue weighted by atomic mass is 79.9. The van der Waals surface area contributed by atoms with Crippen LogP contribution >= 0.6 is 27.5 Å². The minimum atomic E-state index is -1.08. The predicted molar refractivity (Wildman–Crippen MR) is 78.3 cm³/mol. The first kappa shape index (κ1) is 14.5. The Morgan fingerprint density at radius 2 is 2.00 bits per heavy atom. The standard InChI is InChI=1S/C13H8BrClN2O3/c14-11-3-1-2-10(16-11)12(18)17-9-5-4-7(13(19)20)6-8(9)15/h1-6H,(H,17,18)(H,19,20). The van der Waals surface area contributed by atoms with Crippen molar-refractivity contribution < 1.29 is 14.7 Å². The molecule has 1 aromatic carbocycles. The van der Waals surface area contributed by atoms with E-state index >= 15 is 0 Å². The van der Waals surface area contributed by atoms with Gasteiger partial charge in [-0.3, -0.25) is 4.79 Å². The second kappa shape index (κ2) is 6.02. The smallest absolute Gasteiger partial charge is 0.335 e. The van der Waals surface area contributed by atoms with E-state index in [9.17, 15) is 9.59 Å². The van der Waals surface area contributed by atoms with E-state index < -0.39 is 11.9 Å². The van der Waals surface area contributed by atoms with Crippen molar-refractivity contribution in [3.05, 3.63) is 57.3 Å². The number of nitrogens with one attached hydrogen (secondary N) is 1. The quantitative estimate of drug-likeness (QED) is 0.827. The molecule has 2 aromatic rings. The van der Waals surface area contributed by atoms with Crippen LogP contribution in [0.25, 0.3) is 0 Å². The fourth-order valence-electron chi connectivity index (χ4n) is 1.47. The molecule has 2 rings (SSSR count). The number of hydrogen-bond acceptors (Lipinski definition) is 3. The number of rotatable bonds is 3. The van der Waals surface area contributed by atoms with Crippen LogP contribution in [-0.4, -0.2) is 22.0 Å². The third-order valence-corrected chi connectivity index (χ3v) is 3.17. The Bertz CT molecular complexity index is 691. The van der Waals surface area contributed by atoms with Gasteiger partial charge in [0.05, 0.1) is 16.3 Å². The van der Waals surface area contributed by atoms with E-state index in [2.05, 4.69) is 26.2 Å². The number of halogens is 2. The van der Waals surface area contributed by atoms with Crippen molar-refractivity contribution in [2.75, 3.05) is 5.32 Å². The summed E-state index contributed by atoms with van der Waals surface area (Å²) in [5.74, 6) is -1.52. The number of carboxylic acid groups (broad SMARTS) is 1. The Kier molecular flexibility index (Phi) is 4.36. The molecule has 20 heavy (non-hydrogen) atoms. The number of hydrogen-bond donors (Lipinski definition) is 2. The number of carbonyl (C=O) groups is 2. The molecular formula is C13H8BrClN2O3. The van der Waals surface area contributed by atoms with Crippen LogP contribution in [0.2, 0.25) is 5.02 Å². The van der Waals surface area contributed by atoms with E-state index in [1.165, 1.54) is 18.2 Å². The monoisotopic (exact) mass is 354 g/mol. The fraction of sp³-hybridized carbons (Fsp3) is 0. The van der Waals surface area contributed by atoms with Crippen LogP contribution in [0.4, 0.5) is 5.69 Å². The molecule has 1 amide bonds. The lowest BCUT2D eigenvalue weighted by Crippen LogP contribution is -2.14. The van der Waals surface area contributed by atoms with E-state index in [1.807, 2.05) is 0 Å². The van der Waals surface area contributed by atoms with Crippen molar-refractivity contribution in [1.29, 1.82) is 0 Å². The summed E-state index contributed by atoms with van der Waals surface area (Å²) in [5.41, 5.74) is 0.592. The molecule has 0 fully saturated rings. The minimum Gasteiger partial charge on any atom is -0.478 e. The van der Waals surface area contributed by atoms with Gasteiger partial charge < -0.3 is 10.4 Å². The number of carboxylic acids is 1. The second-order valence-corrected chi connectivity index (χ2v) is 5.02. The van der Waals surface area contributed by atoms with E-state index in [4.69, 9.17) is 16.7 Å². The lowest BCUT2D eigenvalue weighted by Gasteiger charge is -2.07. The number of benzene rings is 1. The maximum absolute atomic E-state index is 12.0. The Labute approximate surface area is 127 Å². The van der Waals surface area contributed by atoms with E-state index in [0.29, 0.717) is 10.3 Å². The second-order valence-electron chi connectivity index (χ2n) is 3.80. The average Bonchev–Trinajstić information content (AvgIpc) is 2.40. The third-order valence-electron chi connectivity index (χ3n) is 2.41. The highest BCUT2D eigenvalue weighted by molar-refractivity contribution is 9.10. The van der Waals surface area contributed by atoms with Crippen molar-refractivity contribution in [2.45, 2.75) is 0 Å². The molecule has 0 atom stereocenters. The molecule has 1 aromatic heterocycles. The van der Waals surface area contributed by atoms with Crippen LogP contribution in [0.15, 0.2) is 41.0 Å². The van der Waals surface area contributed by atoms with Gasteiger partial charge in [-0.15, -0.1) is 0 Å². The lowest BCUT2D eigenvalue weighted by atomic mass is 10.2. The van der Waals surface area contributed by atoms with Crippen LogP contribution in [0, 0.1) is 0 Å². The van der Waals surface area contributed by atoms with Gasteiger partial charge in [0.1, 0.15) is 10.3 Å². The zero-order chi connectivity index (χ0) is 14.7. The summed E-state index contributed by atoms with van der Waals surface area (Å²) in [5, 5.41) is 11.5. The van der Waals surface area contributed by atoms with Crippen molar-refractivity contribution in [2.24, 2.45) is 0 Å². The summed E-state index contributed by atoms with van der Waals surface area (Å²) < 4.78 is 0.539. The molecule has 5 nitrogen and oxygen atoms in total. The number of carbonyl (C=O) groups excluding carboxylic acids is 1. The summed E-state index contributed by atoms with van der Waals surface area (Å²) in [4.78, 5) is 26.8. The van der Waals surface area contributed by atoms with Crippen molar-refractivity contribution in [1.82, 2.24) is 4.98 Å². The molecule has 0 aliphatic heterocycles. The molecule has 0 saturated heterocycles. The van der Waals surface area contributed by atoms with E-state index in [0.717, 1.165) is 0 Å². The van der Waals surface area contributed by atoms with Crippen molar-refractivity contribution >= 4 is 45.1 Å². The van der Waals surface area contributed by atoms with Crippen LogP contribution in [-0.2, 0) is 0 Å². The summed E-state index contributed by atoms with van der Waals surface area (Å²) in [6, 6.07) is 9.00. The molecule has 0 aliphatic rings. The number of aromatic carboxylic acids is 1. The van der Waals surface area contributed by atoms with Gasteiger partial charge in [-0.25, -0.2) is 9.78 Å². The molecule has 0 saturated carbocycles. The van der Waals surface area contributed by atoms with Gasteiger partial charge in [-0.1, -0.05) is 17.7 Å². The number of aromatic nitrogens is 1. The van der Waals surface area contributed by atoms with Gasteiger partial charge in [-0.05, 0) is 46.3 Å². The largest absolute Gasteiger partial charge is 0.478 e. The predicted octanol–water partition coefficient (Wildman–Crippen LogP) is 3.45. The zero-order valence-electron chi connectivity index (χ0n) is 9.93. The lowest BCUT2D eigenvalue weighted by molar-refractivity contribution is 0.0696. The number of pyridine rings is 1. The minimum absolute atomic E-state index is 0.0496. The molecule has 0 bridgehead atoms. The van der Waals surface area contributed by atoms with Crippen LogP contribution < -0.4 is 5.32 Å². The third kappa shape index (κ3) is 3.34. The highest BCUT2D eigenvalue weighted by Gasteiger charge is 2.12. The molecule has 0 unspecified atom stereocenters. The van der Waals surface area contributed by atoms with Crippen LogP contribution in [0.1, 0.15) is 20.8 Å². The van der Waals surface area contributed by atoms with Gasteiger partial charge in [0.2, 0.25) is 0 Å².